The molecule has 31 heavy (non-hydrogen) atoms. The minimum Gasteiger partial charge on any atom is -0.352 e. The van der Waals surface area contributed by atoms with Gasteiger partial charge in [-0.05, 0) is 61.6 Å². The summed E-state index contributed by atoms with van der Waals surface area (Å²) < 4.78 is 0. The van der Waals surface area contributed by atoms with Gasteiger partial charge in [-0.3, -0.25) is 9.59 Å². The van der Waals surface area contributed by atoms with Gasteiger partial charge in [-0.25, -0.2) is 0 Å². The summed E-state index contributed by atoms with van der Waals surface area (Å²) in [6.07, 6.45) is 4.96. The first-order valence-electron chi connectivity index (χ1n) is 11.0. The van der Waals surface area contributed by atoms with Gasteiger partial charge in [-0.1, -0.05) is 55.6 Å². The first-order chi connectivity index (χ1) is 15.0. The molecule has 0 aliphatic heterocycles. The Bertz CT molecular complexity index is 881. The summed E-state index contributed by atoms with van der Waals surface area (Å²) in [4.78, 5) is 29.2. The predicted octanol–water partition coefficient (Wildman–Crippen LogP) is 5.61. The van der Waals surface area contributed by atoms with Crippen LogP contribution in [-0.4, -0.2) is 34.6 Å². The van der Waals surface area contributed by atoms with Crippen molar-refractivity contribution in [3.8, 4) is 0 Å². The van der Waals surface area contributed by atoms with E-state index in [9.17, 15) is 9.59 Å². The van der Waals surface area contributed by atoms with Crippen LogP contribution in [0.15, 0.2) is 53.4 Å². The van der Waals surface area contributed by atoms with Crippen LogP contribution in [0.1, 0.15) is 50.2 Å². The molecule has 1 N–H and O–H groups in total. The second-order valence-electron chi connectivity index (χ2n) is 8.10. The highest BCUT2D eigenvalue weighted by Gasteiger charge is 2.30. The molecule has 0 bridgehead atoms. The lowest BCUT2D eigenvalue weighted by atomic mass is 10.1. The summed E-state index contributed by atoms with van der Waals surface area (Å²) >= 11 is 7.44. The van der Waals surface area contributed by atoms with E-state index in [0.717, 1.165) is 41.7 Å². The summed E-state index contributed by atoms with van der Waals surface area (Å²) in [5, 5.41) is 3.86. The third-order valence-electron chi connectivity index (χ3n) is 5.87. The molecule has 2 aromatic rings. The Morgan fingerprint density at radius 3 is 2.45 bits per heavy atom. The Morgan fingerprint density at radius 2 is 1.81 bits per heavy atom. The highest BCUT2D eigenvalue weighted by atomic mass is 35.5. The SMILES string of the molecule is CCC(C(=O)NC1CCCC1)N(Cc1ccccc1C)C(=O)CSc1ccc(Cl)cc1. The van der Waals surface area contributed by atoms with E-state index < -0.39 is 6.04 Å². The van der Waals surface area contributed by atoms with Crippen LogP contribution < -0.4 is 5.32 Å². The lowest BCUT2D eigenvalue weighted by Gasteiger charge is -2.32. The number of hydrogen-bond acceptors (Lipinski definition) is 3. The van der Waals surface area contributed by atoms with Crippen molar-refractivity contribution in [1.82, 2.24) is 10.2 Å². The summed E-state index contributed by atoms with van der Waals surface area (Å²) in [5.41, 5.74) is 2.19. The molecule has 4 nitrogen and oxygen atoms in total. The highest BCUT2D eigenvalue weighted by Crippen LogP contribution is 2.23. The molecular weight excluding hydrogens is 428 g/mol. The number of aryl methyl sites for hydroxylation is 1. The van der Waals surface area contributed by atoms with Gasteiger partial charge in [-0.2, -0.15) is 0 Å². The van der Waals surface area contributed by atoms with Crippen molar-refractivity contribution in [3.63, 3.8) is 0 Å². The predicted molar refractivity (Wildman–Crippen MR) is 128 cm³/mol. The molecule has 0 spiro atoms. The van der Waals surface area contributed by atoms with Gasteiger partial charge in [0.1, 0.15) is 6.04 Å². The molecule has 6 heteroatoms. The van der Waals surface area contributed by atoms with Gasteiger partial charge >= 0.3 is 0 Å². The molecule has 1 fully saturated rings. The minimum atomic E-state index is -0.474. The topological polar surface area (TPSA) is 49.4 Å². The number of benzene rings is 2. The number of halogens is 1. The van der Waals surface area contributed by atoms with Gasteiger partial charge in [0.05, 0.1) is 5.75 Å². The molecule has 1 saturated carbocycles. The smallest absolute Gasteiger partial charge is 0.243 e. The van der Waals surface area contributed by atoms with E-state index in [1.54, 1.807) is 4.90 Å². The molecule has 0 radical (unpaired) electrons. The molecule has 0 saturated heterocycles. The van der Waals surface area contributed by atoms with E-state index in [1.165, 1.54) is 11.8 Å². The molecule has 2 amide bonds. The normalized spacial score (nSPS) is 14.9. The molecule has 1 aliphatic rings. The van der Waals surface area contributed by atoms with Crippen LogP contribution in [0.4, 0.5) is 0 Å². The Hall–Kier alpha value is -1.98. The zero-order chi connectivity index (χ0) is 22.2. The van der Waals surface area contributed by atoms with E-state index in [4.69, 9.17) is 11.6 Å². The van der Waals surface area contributed by atoms with E-state index >= 15 is 0 Å². The Morgan fingerprint density at radius 1 is 1.13 bits per heavy atom. The van der Waals surface area contributed by atoms with Gasteiger partial charge in [0, 0.05) is 22.5 Å². The third kappa shape index (κ3) is 6.75. The van der Waals surface area contributed by atoms with Gasteiger partial charge in [0.25, 0.3) is 0 Å². The molecule has 0 heterocycles. The maximum Gasteiger partial charge on any atom is 0.243 e. The lowest BCUT2D eigenvalue weighted by molar-refractivity contribution is -0.139. The van der Waals surface area contributed by atoms with Crippen molar-refractivity contribution in [1.29, 1.82) is 0 Å². The maximum atomic E-state index is 13.3. The second-order valence-corrected chi connectivity index (χ2v) is 9.59. The second kappa shape index (κ2) is 11.6. The van der Waals surface area contributed by atoms with Crippen LogP contribution in [0.3, 0.4) is 0 Å². The van der Waals surface area contributed by atoms with Crippen molar-refractivity contribution in [2.75, 3.05) is 5.75 Å². The van der Waals surface area contributed by atoms with Crippen LogP contribution >= 0.6 is 23.4 Å². The Labute approximate surface area is 194 Å². The number of amides is 2. The van der Waals surface area contributed by atoms with Crippen LogP contribution in [0.2, 0.25) is 5.02 Å². The number of carbonyl (C=O) groups excluding carboxylic acids is 2. The van der Waals surface area contributed by atoms with Crippen molar-refractivity contribution in [2.24, 2.45) is 0 Å². The van der Waals surface area contributed by atoms with Crippen molar-refractivity contribution in [3.05, 3.63) is 64.7 Å². The van der Waals surface area contributed by atoms with Gasteiger partial charge in [0.15, 0.2) is 0 Å². The molecule has 0 aromatic heterocycles. The van der Waals surface area contributed by atoms with Crippen LogP contribution in [0.25, 0.3) is 0 Å². The summed E-state index contributed by atoms with van der Waals surface area (Å²) in [6, 6.07) is 15.3. The maximum absolute atomic E-state index is 13.3. The molecule has 1 aliphatic carbocycles. The number of nitrogens with one attached hydrogen (secondary N) is 1. The summed E-state index contributed by atoms with van der Waals surface area (Å²) in [5.74, 6) is 0.213. The highest BCUT2D eigenvalue weighted by molar-refractivity contribution is 8.00. The molecule has 3 rings (SSSR count). The Kier molecular flexibility index (Phi) is 8.85. The number of rotatable bonds is 9. The first-order valence-corrected chi connectivity index (χ1v) is 12.4. The fraction of sp³-hybridized carbons (Fsp3) is 0.440. The molecule has 1 atom stereocenters. The standard InChI is InChI=1S/C25H31ClN2O2S/c1-3-23(25(30)27-21-10-6-7-11-21)28(16-19-9-5-4-8-18(19)2)24(29)17-31-22-14-12-20(26)13-15-22/h4-5,8-9,12-15,21,23H,3,6-7,10-11,16-17H2,1-2H3,(H,27,30). The zero-order valence-corrected chi connectivity index (χ0v) is 19.8. The zero-order valence-electron chi connectivity index (χ0n) is 18.3. The van der Waals surface area contributed by atoms with Crippen molar-refractivity contribution >= 4 is 35.2 Å². The number of nitrogens with zero attached hydrogens (tertiary/aromatic N) is 1. The number of carbonyl (C=O) groups is 2. The van der Waals surface area contributed by atoms with E-state index in [2.05, 4.69) is 5.32 Å². The minimum absolute atomic E-state index is 0.0309. The molecular formula is C25H31ClN2O2S. The first kappa shape index (κ1) is 23.7. The fourth-order valence-corrected chi connectivity index (χ4v) is 4.93. The molecule has 1 unspecified atom stereocenters. The van der Waals surface area contributed by atoms with Crippen LogP contribution in [0, 0.1) is 6.92 Å². The van der Waals surface area contributed by atoms with Gasteiger partial charge in [0.2, 0.25) is 11.8 Å². The fourth-order valence-electron chi connectivity index (χ4n) is 4.02. The molecule has 166 valence electrons. The average Bonchev–Trinajstić information content (AvgIpc) is 3.27. The van der Waals surface area contributed by atoms with Crippen molar-refractivity contribution in [2.45, 2.75) is 69.5 Å². The Balaban J connectivity index is 1.76. The van der Waals surface area contributed by atoms with Gasteiger partial charge in [-0.15, -0.1) is 11.8 Å². The number of hydrogen-bond donors (Lipinski definition) is 1. The van der Waals surface area contributed by atoms with Crippen molar-refractivity contribution < 1.29 is 9.59 Å². The van der Waals surface area contributed by atoms with E-state index in [0.29, 0.717) is 18.0 Å². The monoisotopic (exact) mass is 458 g/mol. The summed E-state index contributed by atoms with van der Waals surface area (Å²) in [6.45, 7) is 4.45. The quantitative estimate of drug-likeness (QED) is 0.497. The third-order valence-corrected chi connectivity index (χ3v) is 7.11. The largest absolute Gasteiger partial charge is 0.352 e. The van der Waals surface area contributed by atoms with Crippen LogP contribution in [-0.2, 0) is 16.1 Å². The summed E-state index contributed by atoms with van der Waals surface area (Å²) in [7, 11) is 0. The van der Waals surface area contributed by atoms with E-state index in [-0.39, 0.29) is 23.6 Å². The van der Waals surface area contributed by atoms with Gasteiger partial charge < -0.3 is 10.2 Å². The average molecular weight is 459 g/mol. The molecule has 2 aromatic carbocycles. The lowest BCUT2D eigenvalue weighted by Crippen LogP contribution is -2.51. The van der Waals surface area contributed by atoms with Crippen LogP contribution in [0.5, 0.6) is 0 Å². The van der Waals surface area contributed by atoms with E-state index in [1.807, 2.05) is 62.4 Å². The number of thioether (sulfide) groups is 1.